The second-order valence-corrected chi connectivity index (χ2v) is 15.0. The summed E-state index contributed by atoms with van der Waals surface area (Å²) in [7, 11) is 0. The molecular weight excluding hydrogens is 665 g/mol. The molecule has 8 aromatic rings. The summed E-state index contributed by atoms with van der Waals surface area (Å²) in [5.74, 6) is 0. The molecule has 2 nitrogen and oxygen atoms in total. The van der Waals surface area contributed by atoms with E-state index in [1.54, 1.807) is 0 Å². The van der Waals surface area contributed by atoms with E-state index < -0.39 is 0 Å². The number of benzene rings is 8. The van der Waals surface area contributed by atoms with Crippen molar-refractivity contribution in [3.8, 4) is 33.4 Å². The van der Waals surface area contributed by atoms with Gasteiger partial charge in [0.05, 0.1) is 0 Å². The smallest absolute Gasteiger partial charge is 0.0464 e. The highest BCUT2D eigenvalue weighted by atomic mass is 15.1. The Morgan fingerprint density at radius 1 is 0.291 bits per heavy atom. The van der Waals surface area contributed by atoms with E-state index in [2.05, 4.69) is 219 Å². The van der Waals surface area contributed by atoms with Crippen LogP contribution in [0.25, 0.3) is 33.4 Å². The van der Waals surface area contributed by atoms with E-state index >= 15 is 0 Å². The van der Waals surface area contributed by atoms with Crippen molar-refractivity contribution < 1.29 is 0 Å². The largest absolute Gasteiger partial charge is 0.310 e. The van der Waals surface area contributed by atoms with E-state index in [-0.39, 0.29) is 0 Å². The summed E-state index contributed by atoms with van der Waals surface area (Å²) in [6, 6.07) is 67.0. The molecule has 8 aromatic carbocycles. The van der Waals surface area contributed by atoms with Gasteiger partial charge in [0.25, 0.3) is 0 Å². The molecule has 0 amide bonds. The van der Waals surface area contributed by atoms with Crippen LogP contribution in [0.3, 0.4) is 0 Å². The Morgan fingerprint density at radius 2 is 0.600 bits per heavy atom. The monoisotopic (exact) mass is 708 g/mol. The topological polar surface area (TPSA) is 6.48 Å². The molecule has 266 valence electrons. The zero-order chi connectivity index (χ0) is 37.5. The number of fused-ring (bicyclic) bond motifs is 3. The van der Waals surface area contributed by atoms with Crippen LogP contribution in [0.15, 0.2) is 182 Å². The van der Waals surface area contributed by atoms with Gasteiger partial charge in [-0.2, -0.15) is 0 Å². The summed E-state index contributed by atoms with van der Waals surface area (Å²) >= 11 is 0. The summed E-state index contributed by atoms with van der Waals surface area (Å²) in [4.78, 5) is 4.69. The summed E-state index contributed by atoms with van der Waals surface area (Å²) in [5, 5.41) is 0. The fourth-order valence-corrected chi connectivity index (χ4v) is 8.10. The van der Waals surface area contributed by atoms with Crippen molar-refractivity contribution in [3.05, 3.63) is 215 Å². The maximum Gasteiger partial charge on any atom is 0.0464 e. The van der Waals surface area contributed by atoms with Crippen molar-refractivity contribution in [1.29, 1.82) is 0 Å². The van der Waals surface area contributed by atoms with Crippen LogP contribution in [-0.4, -0.2) is 0 Å². The number of nitrogens with zero attached hydrogens (tertiary/aromatic N) is 2. The van der Waals surface area contributed by atoms with Gasteiger partial charge in [-0.3, -0.25) is 0 Å². The van der Waals surface area contributed by atoms with Gasteiger partial charge in [-0.1, -0.05) is 97.1 Å². The van der Waals surface area contributed by atoms with Gasteiger partial charge in [0, 0.05) is 34.1 Å². The lowest BCUT2D eigenvalue weighted by molar-refractivity contribution is 1.26. The molecule has 0 atom stereocenters. The Hall–Kier alpha value is -6.64. The first-order chi connectivity index (χ1) is 26.9. The summed E-state index contributed by atoms with van der Waals surface area (Å²) in [6.45, 7) is 8.61. The number of rotatable bonds is 8. The van der Waals surface area contributed by atoms with Crippen molar-refractivity contribution in [1.82, 2.24) is 0 Å². The minimum atomic E-state index is 0.965. The third kappa shape index (κ3) is 6.84. The molecule has 0 fully saturated rings. The lowest BCUT2D eigenvalue weighted by atomic mass is 9.96. The van der Waals surface area contributed by atoms with Gasteiger partial charge < -0.3 is 9.80 Å². The third-order valence-corrected chi connectivity index (χ3v) is 10.8. The zero-order valence-electron chi connectivity index (χ0n) is 31.9. The van der Waals surface area contributed by atoms with Crippen LogP contribution < -0.4 is 9.80 Å². The van der Waals surface area contributed by atoms with E-state index in [1.165, 1.54) is 66.8 Å². The molecule has 0 saturated carbocycles. The molecule has 1 aliphatic rings. The predicted octanol–water partition coefficient (Wildman–Crippen LogP) is 14.8. The molecule has 0 bridgehead atoms. The molecule has 0 unspecified atom stereocenters. The van der Waals surface area contributed by atoms with Gasteiger partial charge in [-0.25, -0.2) is 0 Å². The third-order valence-electron chi connectivity index (χ3n) is 10.8. The number of anilines is 6. The fourth-order valence-electron chi connectivity index (χ4n) is 8.10. The highest BCUT2D eigenvalue weighted by Crippen LogP contribution is 2.43. The van der Waals surface area contributed by atoms with Crippen molar-refractivity contribution in [2.45, 2.75) is 34.1 Å². The highest BCUT2D eigenvalue weighted by Gasteiger charge is 2.21. The lowest BCUT2D eigenvalue weighted by Gasteiger charge is -2.26. The van der Waals surface area contributed by atoms with Crippen molar-refractivity contribution in [2.75, 3.05) is 9.80 Å². The molecule has 55 heavy (non-hydrogen) atoms. The molecule has 0 aliphatic heterocycles. The molecule has 9 rings (SSSR count). The minimum Gasteiger partial charge on any atom is -0.310 e. The number of hydrogen-bond donors (Lipinski definition) is 0. The van der Waals surface area contributed by atoms with Gasteiger partial charge in [0.2, 0.25) is 0 Å². The fraction of sp³-hybridized carbons (Fsp3) is 0.0943. The first-order valence-corrected chi connectivity index (χ1v) is 19.2. The van der Waals surface area contributed by atoms with Crippen molar-refractivity contribution in [2.24, 2.45) is 0 Å². The van der Waals surface area contributed by atoms with Crippen LogP contribution in [0.5, 0.6) is 0 Å². The van der Waals surface area contributed by atoms with Crippen LogP contribution in [-0.2, 0) is 6.42 Å². The highest BCUT2D eigenvalue weighted by molar-refractivity contribution is 5.86. The SMILES string of the molecule is Cc1cccc(N(c2ccc(-c3ccc4c(c3)-c3cc(-c5ccc(N(c6cccc(C)c6)c6cccc(C)c6)cc5)ccc3C4)cc2)c2cccc(C)c2)c1. The molecule has 0 heterocycles. The van der Waals surface area contributed by atoms with Crippen molar-refractivity contribution >= 4 is 34.1 Å². The molecule has 2 heteroatoms. The molecule has 1 aliphatic carbocycles. The average molecular weight is 709 g/mol. The summed E-state index contributed by atoms with van der Waals surface area (Å²) < 4.78 is 0. The van der Waals surface area contributed by atoms with E-state index in [1.807, 2.05) is 0 Å². The first-order valence-electron chi connectivity index (χ1n) is 19.2. The number of hydrogen-bond acceptors (Lipinski definition) is 2. The van der Waals surface area contributed by atoms with E-state index in [4.69, 9.17) is 0 Å². The van der Waals surface area contributed by atoms with Crippen LogP contribution in [0.1, 0.15) is 33.4 Å². The molecule has 0 spiro atoms. The van der Waals surface area contributed by atoms with E-state index in [9.17, 15) is 0 Å². The van der Waals surface area contributed by atoms with E-state index in [0.29, 0.717) is 0 Å². The van der Waals surface area contributed by atoms with Gasteiger partial charge in [-0.05, 0) is 186 Å². The standard InChI is InChI=1S/C53H44N2/c1-36-9-5-13-48(29-36)54(49-14-6-10-37(2)30-49)46-25-21-40(22-26-46)42-17-19-44-33-45-20-18-43(35-53(45)52(44)34-42)41-23-27-47(28-24-41)55(50-15-7-11-38(3)31-50)51-16-8-12-39(4)32-51/h5-32,34-35H,33H2,1-4H3. The average Bonchev–Trinajstić information content (AvgIpc) is 3.56. The van der Waals surface area contributed by atoms with E-state index in [0.717, 1.165) is 40.5 Å². The van der Waals surface area contributed by atoms with Gasteiger partial charge in [-0.15, -0.1) is 0 Å². The second kappa shape index (κ2) is 14.3. The second-order valence-electron chi connectivity index (χ2n) is 15.0. The van der Waals surface area contributed by atoms with Gasteiger partial charge in [0.1, 0.15) is 0 Å². The summed E-state index contributed by atoms with van der Waals surface area (Å²) in [6.07, 6.45) is 0.965. The molecule has 0 radical (unpaired) electrons. The Kier molecular flexibility index (Phi) is 8.88. The van der Waals surface area contributed by atoms with Gasteiger partial charge in [0.15, 0.2) is 0 Å². The Bertz CT molecular complexity index is 2390. The van der Waals surface area contributed by atoms with Crippen LogP contribution in [0, 0.1) is 27.7 Å². The maximum absolute atomic E-state index is 2.39. The number of aryl methyl sites for hydroxylation is 4. The zero-order valence-corrected chi connectivity index (χ0v) is 31.9. The van der Waals surface area contributed by atoms with Crippen LogP contribution in [0.2, 0.25) is 0 Å². The lowest BCUT2D eigenvalue weighted by Crippen LogP contribution is -2.10. The quantitative estimate of drug-likeness (QED) is 0.155. The van der Waals surface area contributed by atoms with Crippen molar-refractivity contribution in [3.63, 3.8) is 0 Å². The van der Waals surface area contributed by atoms with Gasteiger partial charge >= 0.3 is 0 Å². The maximum atomic E-state index is 2.39. The Morgan fingerprint density at radius 3 is 0.909 bits per heavy atom. The molecule has 0 aromatic heterocycles. The normalized spacial score (nSPS) is 11.6. The Labute approximate surface area is 325 Å². The molecule has 0 N–H and O–H groups in total. The molecule has 0 saturated heterocycles. The minimum absolute atomic E-state index is 0.965. The molecular formula is C53H44N2. The van der Waals surface area contributed by atoms with Crippen LogP contribution >= 0.6 is 0 Å². The van der Waals surface area contributed by atoms with Crippen LogP contribution in [0.4, 0.5) is 34.1 Å². The first kappa shape index (κ1) is 34.1. The Balaban J connectivity index is 1.02. The summed E-state index contributed by atoms with van der Waals surface area (Å²) in [5.41, 5.74) is 22.2. The predicted molar refractivity (Wildman–Crippen MR) is 234 cm³/mol.